The predicted molar refractivity (Wildman–Crippen MR) is 90.7 cm³/mol. The largest absolute Gasteiger partial charge is 0.481 e. The number of halogens is 1. The maximum Gasteiger partial charge on any atom is 0.326 e. The van der Waals surface area contributed by atoms with Gasteiger partial charge in [0.05, 0.1) is 12.8 Å². The summed E-state index contributed by atoms with van der Waals surface area (Å²) in [5, 5.41) is 30.9. The minimum atomic E-state index is -1.62. The lowest BCUT2D eigenvalue weighted by molar-refractivity contribution is -0.145. The zero-order valence-corrected chi connectivity index (χ0v) is 14.6. The molecule has 0 saturated heterocycles. The molecule has 152 valence electrons. The van der Waals surface area contributed by atoms with Gasteiger partial charge in [-0.3, -0.25) is 14.4 Å². The van der Waals surface area contributed by atoms with Crippen molar-refractivity contribution in [2.24, 2.45) is 0 Å². The maximum absolute atomic E-state index is 12.8. The molecule has 0 spiro atoms. The molecule has 2 unspecified atom stereocenters. The Bertz CT molecular complexity index is 750. The van der Waals surface area contributed by atoms with Gasteiger partial charge in [-0.05, 0) is 24.1 Å². The van der Waals surface area contributed by atoms with Gasteiger partial charge in [-0.1, -0.05) is 12.1 Å². The van der Waals surface area contributed by atoms with Crippen LogP contribution in [0.3, 0.4) is 0 Å². The lowest BCUT2D eigenvalue weighted by Crippen LogP contribution is -2.47. The Labute approximate surface area is 158 Å². The van der Waals surface area contributed by atoms with Gasteiger partial charge < -0.3 is 26.0 Å². The second-order valence-corrected chi connectivity index (χ2v) is 5.86. The van der Waals surface area contributed by atoms with Crippen molar-refractivity contribution < 1.29 is 43.7 Å². The first-order chi connectivity index (χ1) is 13.1. The topological polar surface area (TPSA) is 170 Å². The molecule has 28 heavy (non-hydrogen) atoms. The second kappa shape index (κ2) is 10.6. The van der Waals surface area contributed by atoms with Gasteiger partial charge in [-0.2, -0.15) is 0 Å². The highest BCUT2D eigenvalue weighted by Crippen LogP contribution is 2.05. The quantitative estimate of drug-likeness (QED) is 0.340. The van der Waals surface area contributed by atoms with Gasteiger partial charge in [0.25, 0.3) is 0 Å². The highest BCUT2D eigenvalue weighted by atomic mass is 19.1. The van der Waals surface area contributed by atoms with E-state index < -0.39 is 60.5 Å². The van der Waals surface area contributed by atoms with Crippen molar-refractivity contribution in [2.45, 2.75) is 37.8 Å². The first kappa shape index (κ1) is 22.5. The Morgan fingerprint density at radius 3 is 1.89 bits per heavy atom. The van der Waals surface area contributed by atoms with Crippen LogP contribution in [0.4, 0.5) is 4.39 Å². The maximum atomic E-state index is 12.8. The van der Waals surface area contributed by atoms with E-state index in [1.54, 1.807) is 0 Å². The Kier molecular flexibility index (Phi) is 8.53. The van der Waals surface area contributed by atoms with Crippen LogP contribution in [0.5, 0.6) is 0 Å². The molecule has 1 aromatic carbocycles. The van der Waals surface area contributed by atoms with Crippen LogP contribution in [0.15, 0.2) is 24.3 Å². The molecule has 0 bridgehead atoms. The van der Waals surface area contributed by atoms with Gasteiger partial charge in [0.1, 0.15) is 17.9 Å². The van der Waals surface area contributed by atoms with E-state index in [-0.39, 0.29) is 12.8 Å². The fraction of sp³-hybridized carbons (Fsp3) is 0.353. The van der Waals surface area contributed by atoms with Gasteiger partial charge in [-0.25, -0.2) is 14.0 Å². The normalized spacial score (nSPS) is 12.5. The van der Waals surface area contributed by atoms with Crippen molar-refractivity contribution in [1.82, 2.24) is 10.6 Å². The van der Waals surface area contributed by atoms with Crippen LogP contribution >= 0.6 is 0 Å². The van der Waals surface area contributed by atoms with E-state index in [1.165, 1.54) is 12.1 Å². The van der Waals surface area contributed by atoms with Crippen LogP contribution in [-0.4, -0.2) is 57.1 Å². The molecule has 2 atom stereocenters. The van der Waals surface area contributed by atoms with Crippen LogP contribution in [0, 0.1) is 5.82 Å². The number of hydrogen-bond acceptors (Lipinski definition) is 5. The molecule has 2 amide bonds. The Balaban J connectivity index is 2.64. The van der Waals surface area contributed by atoms with E-state index in [9.17, 15) is 28.4 Å². The lowest BCUT2D eigenvalue weighted by Gasteiger charge is -2.17. The molecule has 1 aromatic rings. The summed E-state index contributed by atoms with van der Waals surface area (Å²) < 4.78 is 12.8. The smallest absolute Gasteiger partial charge is 0.326 e. The summed E-state index contributed by atoms with van der Waals surface area (Å²) in [6.07, 6.45) is -1.89. The Morgan fingerprint density at radius 2 is 1.39 bits per heavy atom. The molecule has 0 fully saturated rings. The first-order valence-corrected chi connectivity index (χ1v) is 8.09. The van der Waals surface area contributed by atoms with Crippen LogP contribution < -0.4 is 10.6 Å². The van der Waals surface area contributed by atoms with E-state index in [4.69, 9.17) is 15.3 Å². The minimum absolute atomic E-state index is 0.248. The lowest BCUT2D eigenvalue weighted by atomic mass is 10.1. The molecular weight excluding hydrogens is 379 g/mol. The van der Waals surface area contributed by atoms with Gasteiger partial charge >= 0.3 is 17.9 Å². The molecule has 0 heterocycles. The van der Waals surface area contributed by atoms with Crippen LogP contribution in [0.25, 0.3) is 0 Å². The number of nitrogens with one attached hydrogen (secondary N) is 2. The average Bonchev–Trinajstić information content (AvgIpc) is 2.59. The third-order valence-corrected chi connectivity index (χ3v) is 3.58. The van der Waals surface area contributed by atoms with Crippen molar-refractivity contribution in [2.75, 3.05) is 0 Å². The molecule has 11 heteroatoms. The zero-order valence-electron chi connectivity index (χ0n) is 14.6. The summed E-state index contributed by atoms with van der Waals surface area (Å²) in [6, 6.07) is 1.82. The summed E-state index contributed by atoms with van der Waals surface area (Å²) in [6.45, 7) is 0. The van der Waals surface area contributed by atoms with Crippen LogP contribution in [-0.2, 0) is 30.4 Å². The number of rotatable bonds is 11. The van der Waals surface area contributed by atoms with E-state index >= 15 is 0 Å². The Hall–Kier alpha value is -3.50. The number of carbonyl (C=O) groups is 5. The highest BCUT2D eigenvalue weighted by molar-refractivity contribution is 5.90. The summed E-state index contributed by atoms with van der Waals surface area (Å²) in [5.74, 6) is -6.45. The fourth-order valence-corrected chi connectivity index (χ4v) is 2.20. The summed E-state index contributed by atoms with van der Waals surface area (Å²) in [5.41, 5.74) is 0.423. The molecule has 10 nitrogen and oxygen atoms in total. The summed E-state index contributed by atoms with van der Waals surface area (Å²) >= 11 is 0. The molecule has 0 saturated carbocycles. The van der Waals surface area contributed by atoms with Crippen molar-refractivity contribution in [3.05, 3.63) is 35.6 Å². The number of carboxylic acid groups (broad SMARTS) is 3. The van der Waals surface area contributed by atoms with E-state index in [2.05, 4.69) is 5.32 Å². The molecule has 5 N–H and O–H groups in total. The molecule has 0 radical (unpaired) electrons. The fourth-order valence-electron chi connectivity index (χ4n) is 2.20. The first-order valence-electron chi connectivity index (χ1n) is 8.09. The average molecular weight is 398 g/mol. The molecule has 0 aliphatic rings. The van der Waals surface area contributed by atoms with Crippen molar-refractivity contribution in [3.63, 3.8) is 0 Å². The zero-order chi connectivity index (χ0) is 21.3. The van der Waals surface area contributed by atoms with E-state index in [1.807, 2.05) is 5.32 Å². The predicted octanol–water partition coefficient (Wildman–Crippen LogP) is -0.238. The number of amides is 2. The van der Waals surface area contributed by atoms with Gasteiger partial charge in [0, 0.05) is 6.42 Å². The minimum Gasteiger partial charge on any atom is -0.481 e. The second-order valence-electron chi connectivity index (χ2n) is 5.86. The molecule has 1 rings (SSSR count). The van der Waals surface area contributed by atoms with Crippen molar-refractivity contribution in [1.29, 1.82) is 0 Å². The van der Waals surface area contributed by atoms with Crippen LogP contribution in [0.1, 0.15) is 24.8 Å². The molecule has 0 aromatic heterocycles. The summed E-state index contributed by atoms with van der Waals surface area (Å²) in [7, 11) is 0. The van der Waals surface area contributed by atoms with Crippen molar-refractivity contribution >= 4 is 29.7 Å². The number of aliphatic carboxylic acids is 3. The Morgan fingerprint density at radius 1 is 0.857 bits per heavy atom. The molecule has 0 aliphatic carbocycles. The van der Waals surface area contributed by atoms with E-state index in [0.29, 0.717) is 5.56 Å². The van der Waals surface area contributed by atoms with E-state index in [0.717, 1.165) is 12.1 Å². The molecule has 0 aliphatic heterocycles. The number of benzene rings is 1. The summed E-state index contributed by atoms with van der Waals surface area (Å²) in [4.78, 5) is 56.7. The van der Waals surface area contributed by atoms with Crippen LogP contribution in [0.2, 0.25) is 0 Å². The third kappa shape index (κ3) is 8.25. The SMILES string of the molecule is O=C(O)CCC(NC(=O)CC(NC(=O)Cc1ccc(F)cc1)C(=O)O)C(=O)O. The number of hydrogen-bond donors (Lipinski definition) is 5. The molecular formula is C17H19FN2O8. The number of carboxylic acids is 3. The monoisotopic (exact) mass is 398 g/mol. The van der Waals surface area contributed by atoms with Gasteiger partial charge in [-0.15, -0.1) is 0 Å². The highest BCUT2D eigenvalue weighted by Gasteiger charge is 2.26. The van der Waals surface area contributed by atoms with Gasteiger partial charge in [0.15, 0.2) is 0 Å². The van der Waals surface area contributed by atoms with Crippen molar-refractivity contribution in [3.8, 4) is 0 Å². The number of carbonyl (C=O) groups excluding carboxylic acids is 2. The third-order valence-electron chi connectivity index (χ3n) is 3.58. The van der Waals surface area contributed by atoms with Gasteiger partial charge in [0.2, 0.25) is 11.8 Å². The standard InChI is InChI=1S/C17H19FN2O8/c18-10-3-1-9(2-4-10)7-13(21)20-12(17(27)28)8-14(22)19-11(16(25)26)5-6-15(23)24/h1-4,11-12H,5-8H2,(H,19,22)(H,20,21)(H,23,24)(H,25,26)(H,27,28).